The van der Waals surface area contributed by atoms with Crippen LogP contribution in [0.15, 0.2) is 102 Å². The molecule has 9 atom stereocenters. The van der Waals surface area contributed by atoms with E-state index >= 15 is 9.59 Å². The molecule has 7 amide bonds. The summed E-state index contributed by atoms with van der Waals surface area (Å²) in [7, 11) is 5.68. The summed E-state index contributed by atoms with van der Waals surface area (Å²) in [5.74, 6) is -8.96. The first-order valence-electron chi connectivity index (χ1n) is 25.2. The topological polar surface area (TPSA) is 284 Å². The molecule has 0 aliphatic carbocycles. The second-order valence-electron chi connectivity index (χ2n) is 19.2. The van der Waals surface area contributed by atoms with E-state index in [1.54, 1.807) is 103 Å². The van der Waals surface area contributed by atoms with Gasteiger partial charge in [-0.05, 0) is 56.9 Å². The molecule has 2 bridgehead atoms. The molecule has 2 aliphatic rings. The number of cyclic esters (lactones) is 2. The van der Waals surface area contributed by atoms with Crippen LogP contribution in [-0.4, -0.2) is 202 Å². The fourth-order valence-corrected chi connectivity index (χ4v) is 11.0. The van der Waals surface area contributed by atoms with Crippen LogP contribution in [0.1, 0.15) is 52.0 Å². The molecule has 2 saturated heterocycles. The number of aromatic nitrogens is 2. The number of hydrogen-bond acceptors (Lipinski definition) is 18. The Morgan fingerprint density at radius 2 is 1.34 bits per heavy atom. The number of allylic oxidation sites excluding steroid dienone is 5. The van der Waals surface area contributed by atoms with Gasteiger partial charge in [0, 0.05) is 45.9 Å². The lowest BCUT2D eigenvalue weighted by molar-refractivity contribution is -0.159. The van der Waals surface area contributed by atoms with E-state index in [-0.39, 0.29) is 22.8 Å². The molecule has 9 unspecified atom stereocenters. The van der Waals surface area contributed by atoms with Crippen LogP contribution in [0.5, 0.6) is 0 Å². The highest BCUT2D eigenvalue weighted by Gasteiger charge is 2.45. The minimum atomic E-state index is -1.67. The molecule has 2 aromatic rings. The minimum absolute atomic E-state index is 0.109. The first-order valence-corrected chi connectivity index (χ1v) is 27.5. The van der Waals surface area contributed by atoms with Crippen molar-refractivity contribution in [2.24, 2.45) is 21.8 Å². The van der Waals surface area contributed by atoms with Gasteiger partial charge in [-0.3, -0.25) is 48.5 Å². The number of thioether (sulfide) groups is 2. The van der Waals surface area contributed by atoms with Crippen LogP contribution >= 0.6 is 23.5 Å². The molecule has 3 heterocycles. The number of ether oxygens (including phenoxy) is 2. The van der Waals surface area contributed by atoms with E-state index in [4.69, 9.17) is 9.47 Å². The molecular weight excluding hydrogens is 1060 g/mol. The molecule has 426 valence electrons. The van der Waals surface area contributed by atoms with Crippen molar-refractivity contribution in [3.8, 4) is 0 Å². The third kappa shape index (κ3) is 16.7. The number of likely N-dealkylation sites (N-methyl/N-ethyl adjacent to an activating group) is 4. The fraction of sp³-hybridized carbons (Fsp3) is 0.463. The lowest BCUT2D eigenvalue weighted by atomic mass is 10.0. The van der Waals surface area contributed by atoms with Crippen LogP contribution in [0.3, 0.4) is 0 Å². The normalized spacial score (nSPS) is 25.5. The van der Waals surface area contributed by atoms with Crippen molar-refractivity contribution in [3.63, 3.8) is 0 Å². The molecule has 23 nitrogen and oxygen atoms in total. The highest BCUT2D eigenvalue weighted by Crippen LogP contribution is 2.33. The molecule has 4 N–H and O–H groups in total. The molecule has 0 radical (unpaired) electrons. The van der Waals surface area contributed by atoms with Crippen LogP contribution in [0.25, 0.3) is 11.0 Å². The number of nitrogens with one attached hydrogen (secondary N) is 4. The zero-order chi connectivity index (χ0) is 58.8. The summed E-state index contributed by atoms with van der Waals surface area (Å²) >= 11 is 2.31. The summed E-state index contributed by atoms with van der Waals surface area (Å²) in [6.45, 7) is 19.4. The number of nitrogens with zero attached hydrogens (tertiary/aromatic N) is 8. The van der Waals surface area contributed by atoms with Crippen LogP contribution < -0.4 is 21.3 Å². The zero-order valence-corrected chi connectivity index (χ0v) is 48.0. The maximum absolute atomic E-state index is 15.3. The van der Waals surface area contributed by atoms with Gasteiger partial charge in [0.25, 0.3) is 11.8 Å². The number of benzene rings is 1. The first kappa shape index (κ1) is 63.9. The van der Waals surface area contributed by atoms with Gasteiger partial charge in [-0.15, -0.1) is 23.5 Å². The number of rotatable bonds is 12. The van der Waals surface area contributed by atoms with Crippen LogP contribution in [-0.2, 0) is 47.8 Å². The molecular formula is C54H72N12O11S2. The van der Waals surface area contributed by atoms with Crippen molar-refractivity contribution >= 4 is 101 Å². The fourth-order valence-electron chi connectivity index (χ4n) is 8.47. The molecule has 1 aromatic heterocycles. The number of aliphatic imine (C=N–C) groups is 2. The average Bonchev–Trinajstić information content (AvgIpc) is 3.42. The Balaban J connectivity index is 1.88. The average molecular weight is 1130 g/mol. The van der Waals surface area contributed by atoms with E-state index in [9.17, 15) is 33.6 Å². The SMILES string of the molecule is C=C\C=C/C=C\C=N\C=C(/N=C)C(=O)NC1COC(=O)C(C(C)C)N(C)C(=O)C2CSC(SC)C(C(=O)N(C)C(C(C)C)C(=O)OCC(NC(=O)c3cnc4ccccc4n3)C(=O)NC(C)C(=C)N2C)N(C)C(=O)C(C)NC1=O. The lowest BCUT2D eigenvalue weighted by Crippen LogP contribution is -2.60. The van der Waals surface area contributed by atoms with Crippen molar-refractivity contribution in [3.05, 3.63) is 97.3 Å². The molecule has 0 spiro atoms. The molecule has 2 aliphatic heterocycles. The summed E-state index contributed by atoms with van der Waals surface area (Å²) in [5, 5.41) is 10.5. The monoisotopic (exact) mass is 1130 g/mol. The standard InChI is InChI=1S/C54H72N12O11S2/c1-15-16-17-18-21-24-56-25-37(55-9)45(67)61-40-28-76-52(74)42(30(2)3)64(11)50(72)41-29-79-54(78-14)44(66(13)49(71)33(7)59-48(40)70)51(73)65(12)43(31(4)5)53(75)77-27-39(47(69)58-32(6)34(8)63(41)10)62-46(68)38-26-57-35-22-19-20-23-36(35)60-38/h15-26,30-33,39-44,54H,1,8-9,27-29H2,2-7,10-14H3,(H,58,69)(H,59,70)(H,61,67)(H,62,68)/b17-16-,21-18-,37-25-,56-24+. The van der Waals surface area contributed by atoms with Gasteiger partial charge in [0.15, 0.2) is 0 Å². The predicted molar refractivity (Wildman–Crippen MR) is 304 cm³/mol. The van der Waals surface area contributed by atoms with Crippen LogP contribution in [0.2, 0.25) is 0 Å². The Kier molecular flexibility index (Phi) is 24.2. The highest BCUT2D eigenvalue weighted by molar-refractivity contribution is 8.16. The summed E-state index contributed by atoms with van der Waals surface area (Å²) in [5.41, 5.74) is 0.648. The van der Waals surface area contributed by atoms with E-state index in [0.29, 0.717) is 11.0 Å². The zero-order valence-electron chi connectivity index (χ0n) is 46.4. The van der Waals surface area contributed by atoms with Gasteiger partial charge >= 0.3 is 11.9 Å². The quantitative estimate of drug-likeness (QED) is 0.103. The molecule has 1 aromatic carbocycles. The number of esters is 2. The number of para-hydroxylation sites is 2. The highest BCUT2D eigenvalue weighted by atomic mass is 32.2. The molecule has 2 fully saturated rings. The Morgan fingerprint density at radius 1 is 0.785 bits per heavy atom. The molecule has 79 heavy (non-hydrogen) atoms. The summed E-state index contributed by atoms with van der Waals surface area (Å²) in [6, 6.07) is -3.99. The Bertz CT molecular complexity index is 2770. The largest absolute Gasteiger partial charge is 0.461 e. The summed E-state index contributed by atoms with van der Waals surface area (Å²) < 4.78 is 10.7. The van der Waals surface area contributed by atoms with Gasteiger partial charge in [0.1, 0.15) is 66.9 Å². The van der Waals surface area contributed by atoms with E-state index in [2.05, 4.69) is 61.1 Å². The van der Waals surface area contributed by atoms with Gasteiger partial charge in [0.2, 0.25) is 29.5 Å². The number of fused-ring (bicyclic) bond motifs is 5. The Hall–Kier alpha value is -7.67. The number of hydrogen-bond donors (Lipinski definition) is 4. The van der Waals surface area contributed by atoms with Crippen LogP contribution in [0.4, 0.5) is 0 Å². The third-order valence-electron chi connectivity index (χ3n) is 12.9. The van der Waals surface area contributed by atoms with Gasteiger partial charge < -0.3 is 50.3 Å². The second-order valence-corrected chi connectivity index (χ2v) is 21.7. The van der Waals surface area contributed by atoms with Gasteiger partial charge in [-0.2, -0.15) is 0 Å². The van der Waals surface area contributed by atoms with Crippen molar-refractivity contribution in [1.82, 2.24) is 50.8 Å². The second kappa shape index (κ2) is 29.9. The Morgan fingerprint density at radius 3 is 1.91 bits per heavy atom. The summed E-state index contributed by atoms with van der Waals surface area (Å²) in [6.07, 6.45) is 13.6. The summed E-state index contributed by atoms with van der Waals surface area (Å²) in [4.78, 5) is 151. The van der Waals surface area contributed by atoms with Crippen molar-refractivity contribution in [2.75, 3.05) is 53.4 Å². The molecule has 25 heteroatoms. The predicted octanol–water partition coefficient (Wildman–Crippen LogP) is 2.28. The molecule has 4 rings (SSSR count). The van der Waals surface area contributed by atoms with E-state index in [0.717, 1.165) is 27.8 Å². The minimum Gasteiger partial charge on any atom is -0.461 e. The number of carbonyl (C=O) groups excluding carboxylic acids is 9. The van der Waals surface area contributed by atoms with E-state index < -0.39 is 131 Å². The van der Waals surface area contributed by atoms with Gasteiger partial charge in [-0.25, -0.2) is 14.6 Å². The van der Waals surface area contributed by atoms with Crippen LogP contribution in [0, 0.1) is 11.8 Å². The van der Waals surface area contributed by atoms with E-state index in [1.165, 1.54) is 62.0 Å². The van der Waals surface area contributed by atoms with Gasteiger partial charge in [-0.1, -0.05) is 77.3 Å². The van der Waals surface area contributed by atoms with Gasteiger partial charge in [0.05, 0.1) is 34.1 Å². The smallest absolute Gasteiger partial charge is 0.329 e. The van der Waals surface area contributed by atoms with E-state index in [1.807, 2.05) is 0 Å². The Labute approximate surface area is 469 Å². The maximum Gasteiger partial charge on any atom is 0.329 e. The third-order valence-corrected chi connectivity index (χ3v) is 15.7. The van der Waals surface area contributed by atoms with Crippen molar-refractivity contribution in [2.45, 2.75) is 94.5 Å². The lowest BCUT2D eigenvalue weighted by Gasteiger charge is -2.40. The van der Waals surface area contributed by atoms with Crippen molar-refractivity contribution in [1.29, 1.82) is 0 Å². The number of amides is 7. The maximum atomic E-state index is 15.3. The van der Waals surface area contributed by atoms with Crippen molar-refractivity contribution < 1.29 is 52.6 Å². The number of carbonyl (C=O) groups is 9. The first-order chi connectivity index (χ1) is 37.4. The molecule has 0 saturated carbocycles.